The van der Waals surface area contributed by atoms with Gasteiger partial charge in [0, 0.05) is 18.7 Å². The van der Waals surface area contributed by atoms with Gasteiger partial charge in [-0.2, -0.15) is 0 Å². The Balaban J connectivity index is 2.58. The average Bonchev–Trinajstić information content (AvgIpc) is 2.31. The molecule has 1 rings (SSSR count). The number of halogens is 1. The Bertz CT molecular complexity index is 449. The molecule has 6 heteroatoms. The molecule has 0 bridgehead atoms. The van der Waals surface area contributed by atoms with Gasteiger partial charge in [-0.05, 0) is 25.1 Å². The highest BCUT2D eigenvalue weighted by Gasteiger charge is 2.08. The first kappa shape index (κ1) is 14.1. The summed E-state index contributed by atoms with van der Waals surface area (Å²) >= 11 is 0. The van der Waals surface area contributed by atoms with Crippen LogP contribution in [0.2, 0.25) is 0 Å². The third kappa shape index (κ3) is 4.14. The van der Waals surface area contributed by atoms with Crippen molar-refractivity contribution in [2.45, 2.75) is 13.5 Å². The molecule has 18 heavy (non-hydrogen) atoms. The van der Waals surface area contributed by atoms with Crippen molar-refractivity contribution in [3.63, 3.8) is 0 Å². The maximum absolute atomic E-state index is 13.4. The fourth-order valence-electron chi connectivity index (χ4n) is 1.41. The Morgan fingerprint density at radius 1 is 1.39 bits per heavy atom. The summed E-state index contributed by atoms with van der Waals surface area (Å²) in [5.41, 5.74) is 0.241. The highest BCUT2D eigenvalue weighted by molar-refractivity contribution is 5.87. The fourth-order valence-corrected chi connectivity index (χ4v) is 1.41. The molecule has 0 aliphatic heterocycles. The van der Waals surface area contributed by atoms with E-state index in [1.165, 1.54) is 12.1 Å². The summed E-state index contributed by atoms with van der Waals surface area (Å²) in [5, 5.41) is 14.1. The topological polar surface area (TPSA) is 78.4 Å². The highest BCUT2D eigenvalue weighted by Crippen LogP contribution is 2.10. The van der Waals surface area contributed by atoms with Crippen molar-refractivity contribution in [1.82, 2.24) is 10.6 Å². The second kappa shape index (κ2) is 6.70. The summed E-state index contributed by atoms with van der Waals surface area (Å²) in [6.07, 6.45) is 0. The molecular weight excluding hydrogens is 239 g/mol. The first-order valence-corrected chi connectivity index (χ1v) is 5.53. The monoisotopic (exact) mass is 254 g/mol. The molecule has 0 saturated carbocycles. The van der Waals surface area contributed by atoms with Gasteiger partial charge >= 0.3 is 5.97 Å². The number of benzene rings is 1. The molecule has 0 atom stereocenters. The first-order valence-electron chi connectivity index (χ1n) is 5.53. The number of likely N-dealkylation sites (N-methyl/N-ethyl adjacent to an activating group) is 1. The maximum Gasteiger partial charge on any atom is 0.335 e. The van der Waals surface area contributed by atoms with E-state index in [1.54, 1.807) is 6.92 Å². The maximum atomic E-state index is 13.4. The van der Waals surface area contributed by atoms with E-state index >= 15 is 0 Å². The normalized spacial score (nSPS) is 10.1. The Hall–Kier alpha value is -1.95. The van der Waals surface area contributed by atoms with Gasteiger partial charge < -0.3 is 15.7 Å². The van der Waals surface area contributed by atoms with E-state index in [0.717, 1.165) is 6.07 Å². The molecule has 0 saturated heterocycles. The SMILES string of the molecule is CCNC(=O)CNCc1cc(C(=O)O)ccc1F. The Morgan fingerprint density at radius 2 is 2.11 bits per heavy atom. The molecule has 0 fully saturated rings. The number of carboxylic acid groups (broad SMARTS) is 1. The van der Waals surface area contributed by atoms with E-state index in [1.807, 2.05) is 0 Å². The van der Waals surface area contributed by atoms with Crippen molar-refractivity contribution in [3.05, 3.63) is 35.1 Å². The van der Waals surface area contributed by atoms with Crippen molar-refractivity contribution >= 4 is 11.9 Å². The zero-order valence-corrected chi connectivity index (χ0v) is 10.00. The smallest absolute Gasteiger partial charge is 0.335 e. The lowest BCUT2D eigenvalue weighted by Crippen LogP contribution is -2.33. The van der Waals surface area contributed by atoms with E-state index in [0.29, 0.717) is 6.54 Å². The van der Waals surface area contributed by atoms with Gasteiger partial charge in [0.1, 0.15) is 5.82 Å². The van der Waals surface area contributed by atoms with Crippen molar-refractivity contribution in [2.75, 3.05) is 13.1 Å². The standard InChI is InChI=1S/C12H15FN2O3/c1-2-15-11(16)7-14-6-9-5-8(12(17)18)3-4-10(9)13/h3-5,14H,2,6-7H2,1H3,(H,15,16)(H,17,18). The van der Waals surface area contributed by atoms with Crippen LogP contribution in [0.3, 0.4) is 0 Å². The number of carbonyl (C=O) groups is 2. The summed E-state index contributed by atoms with van der Waals surface area (Å²) in [6.45, 7) is 2.49. The molecule has 0 radical (unpaired) electrons. The van der Waals surface area contributed by atoms with Crippen LogP contribution in [-0.2, 0) is 11.3 Å². The molecule has 0 aromatic heterocycles. The number of rotatable bonds is 6. The molecule has 1 aromatic rings. The van der Waals surface area contributed by atoms with E-state index in [-0.39, 0.29) is 30.1 Å². The van der Waals surface area contributed by atoms with E-state index in [2.05, 4.69) is 10.6 Å². The van der Waals surface area contributed by atoms with Gasteiger partial charge in [0.05, 0.1) is 12.1 Å². The quantitative estimate of drug-likeness (QED) is 0.700. The van der Waals surface area contributed by atoms with Crippen LogP contribution in [0, 0.1) is 5.82 Å². The Morgan fingerprint density at radius 3 is 2.72 bits per heavy atom. The summed E-state index contributed by atoms with van der Waals surface area (Å²) in [5.74, 6) is -1.80. The minimum absolute atomic E-state index is 0.0196. The molecule has 0 spiro atoms. The lowest BCUT2D eigenvalue weighted by molar-refractivity contribution is -0.120. The lowest BCUT2D eigenvalue weighted by atomic mass is 10.1. The summed E-state index contributed by atoms with van der Waals surface area (Å²) in [4.78, 5) is 21.9. The van der Waals surface area contributed by atoms with Crippen molar-refractivity contribution in [2.24, 2.45) is 0 Å². The van der Waals surface area contributed by atoms with Gasteiger partial charge in [0.25, 0.3) is 0 Å². The zero-order chi connectivity index (χ0) is 13.5. The molecule has 1 amide bonds. The minimum atomic E-state index is -1.11. The van der Waals surface area contributed by atoms with Crippen LogP contribution < -0.4 is 10.6 Å². The Labute approximate surface area is 104 Å². The van der Waals surface area contributed by atoms with Crippen LogP contribution in [0.1, 0.15) is 22.8 Å². The molecule has 0 aliphatic carbocycles. The van der Waals surface area contributed by atoms with Crippen molar-refractivity contribution < 1.29 is 19.1 Å². The largest absolute Gasteiger partial charge is 0.478 e. The number of carbonyl (C=O) groups excluding carboxylic acids is 1. The Kier molecular flexibility index (Phi) is 5.26. The molecule has 0 heterocycles. The highest BCUT2D eigenvalue weighted by atomic mass is 19.1. The number of hydrogen-bond donors (Lipinski definition) is 3. The van der Waals surface area contributed by atoms with Gasteiger partial charge in [0.2, 0.25) is 5.91 Å². The third-order valence-corrected chi connectivity index (χ3v) is 2.27. The molecule has 98 valence electrons. The van der Waals surface area contributed by atoms with Crippen LogP contribution in [0.25, 0.3) is 0 Å². The number of amides is 1. The van der Waals surface area contributed by atoms with Crippen molar-refractivity contribution in [3.8, 4) is 0 Å². The van der Waals surface area contributed by atoms with E-state index in [4.69, 9.17) is 5.11 Å². The third-order valence-electron chi connectivity index (χ3n) is 2.27. The molecule has 1 aromatic carbocycles. The molecule has 0 unspecified atom stereocenters. The zero-order valence-electron chi connectivity index (χ0n) is 10.00. The molecular formula is C12H15FN2O3. The number of hydrogen-bond acceptors (Lipinski definition) is 3. The minimum Gasteiger partial charge on any atom is -0.478 e. The van der Waals surface area contributed by atoms with Gasteiger partial charge in [-0.1, -0.05) is 0 Å². The van der Waals surface area contributed by atoms with Crippen molar-refractivity contribution in [1.29, 1.82) is 0 Å². The summed E-state index contributed by atoms with van der Waals surface area (Å²) < 4.78 is 13.4. The number of carboxylic acids is 1. The predicted molar refractivity (Wildman–Crippen MR) is 63.7 cm³/mol. The van der Waals surface area contributed by atoms with Gasteiger partial charge in [0.15, 0.2) is 0 Å². The van der Waals surface area contributed by atoms with Crippen LogP contribution in [0.15, 0.2) is 18.2 Å². The van der Waals surface area contributed by atoms with Crippen LogP contribution in [0.4, 0.5) is 4.39 Å². The molecule has 3 N–H and O–H groups in total. The van der Waals surface area contributed by atoms with Crippen LogP contribution in [0.5, 0.6) is 0 Å². The fraction of sp³-hybridized carbons (Fsp3) is 0.333. The van der Waals surface area contributed by atoms with Crippen LogP contribution in [-0.4, -0.2) is 30.1 Å². The summed E-state index contributed by atoms with van der Waals surface area (Å²) in [7, 11) is 0. The second-order valence-electron chi connectivity index (χ2n) is 3.67. The number of nitrogens with one attached hydrogen (secondary N) is 2. The second-order valence-corrected chi connectivity index (χ2v) is 3.67. The van der Waals surface area contributed by atoms with Gasteiger partial charge in [-0.3, -0.25) is 4.79 Å². The van der Waals surface area contributed by atoms with E-state index in [9.17, 15) is 14.0 Å². The van der Waals surface area contributed by atoms with Crippen LogP contribution >= 0.6 is 0 Å². The molecule has 5 nitrogen and oxygen atoms in total. The summed E-state index contributed by atoms with van der Waals surface area (Å²) in [6, 6.07) is 3.56. The van der Waals surface area contributed by atoms with Gasteiger partial charge in [-0.15, -0.1) is 0 Å². The predicted octanol–water partition coefficient (Wildman–Crippen LogP) is 0.750. The lowest BCUT2D eigenvalue weighted by Gasteiger charge is -2.07. The average molecular weight is 254 g/mol. The number of aromatic carboxylic acids is 1. The molecule has 0 aliphatic rings. The van der Waals surface area contributed by atoms with E-state index < -0.39 is 11.8 Å². The van der Waals surface area contributed by atoms with Gasteiger partial charge in [-0.25, -0.2) is 9.18 Å². The first-order chi connectivity index (χ1) is 8.54.